The van der Waals surface area contributed by atoms with Gasteiger partial charge in [-0.25, -0.2) is 0 Å². The van der Waals surface area contributed by atoms with E-state index >= 15 is 0 Å². The van der Waals surface area contributed by atoms with Crippen LogP contribution in [0, 0.1) is 0 Å². The van der Waals surface area contributed by atoms with E-state index in [1.54, 1.807) is 0 Å². The predicted molar refractivity (Wildman–Crippen MR) is 95.7 cm³/mol. The molecule has 0 heterocycles. The summed E-state index contributed by atoms with van der Waals surface area (Å²) in [6.07, 6.45) is 13.7. The van der Waals surface area contributed by atoms with E-state index in [1.807, 2.05) is 0 Å². The van der Waals surface area contributed by atoms with Gasteiger partial charge in [0.1, 0.15) is 0 Å². The third kappa shape index (κ3) is 12.9. The van der Waals surface area contributed by atoms with Crippen LogP contribution in [0.1, 0.15) is 71.1 Å². The molecule has 2 N–H and O–H groups in total. The predicted octanol–water partition coefficient (Wildman–Crippen LogP) is 4.62. The molecule has 0 saturated carbocycles. The van der Waals surface area contributed by atoms with Crippen LogP contribution in [0.2, 0.25) is 0 Å². The Balaban J connectivity index is 3.61. The normalized spacial score (nSPS) is 13.6. The molecule has 0 fully saturated rings. The van der Waals surface area contributed by atoms with Crippen molar-refractivity contribution >= 4 is 0 Å². The Kier molecular flexibility index (Phi) is 14.6. The van der Waals surface area contributed by atoms with Crippen molar-refractivity contribution in [3.8, 4) is 0 Å². The van der Waals surface area contributed by atoms with Crippen LogP contribution in [0.25, 0.3) is 10.4 Å². The highest BCUT2D eigenvalue weighted by Gasteiger charge is 2.19. The van der Waals surface area contributed by atoms with Gasteiger partial charge in [-0.2, -0.15) is 0 Å². The molecule has 0 amide bonds. The van der Waals surface area contributed by atoms with Crippen LogP contribution in [0.3, 0.4) is 0 Å². The first-order valence-electron chi connectivity index (χ1n) is 9.23. The molecule has 5 heteroatoms. The molecule has 0 bridgehead atoms. The van der Waals surface area contributed by atoms with Gasteiger partial charge in [-0.3, -0.25) is 0 Å². The van der Waals surface area contributed by atoms with Crippen molar-refractivity contribution in [1.82, 2.24) is 0 Å². The van der Waals surface area contributed by atoms with Gasteiger partial charge < -0.3 is 10.2 Å². The van der Waals surface area contributed by atoms with E-state index in [2.05, 4.69) is 24.0 Å². The number of quaternary nitrogens is 1. The van der Waals surface area contributed by atoms with E-state index in [9.17, 15) is 0 Å². The first kappa shape index (κ1) is 21.2. The number of azide groups is 1. The van der Waals surface area contributed by atoms with Gasteiger partial charge in [0.2, 0.25) is 0 Å². The topological polar surface area (TPSA) is 74.8 Å². The van der Waals surface area contributed by atoms with E-state index in [1.165, 1.54) is 64.2 Å². The summed E-state index contributed by atoms with van der Waals surface area (Å²) in [6, 6.07) is 0. The number of likely N-dealkylation sites (N-methyl/N-ethyl adjacent to an activating group) is 1. The molecule has 0 aromatic rings. The molecule has 0 aliphatic carbocycles. The van der Waals surface area contributed by atoms with Gasteiger partial charge >= 0.3 is 0 Å². The van der Waals surface area contributed by atoms with Crippen LogP contribution < -0.4 is 5.73 Å². The molecule has 0 saturated heterocycles. The maximum Gasteiger partial charge on any atom is 0.0909 e. The van der Waals surface area contributed by atoms with Gasteiger partial charge in [0.25, 0.3) is 0 Å². The first-order valence-corrected chi connectivity index (χ1v) is 9.23. The van der Waals surface area contributed by atoms with E-state index in [0.717, 1.165) is 24.1 Å². The molecule has 130 valence electrons. The highest BCUT2D eigenvalue weighted by Crippen LogP contribution is 2.12. The minimum absolute atomic E-state index is 0.574. The molecule has 0 aromatic carbocycles. The second-order valence-electron chi connectivity index (χ2n) is 6.72. The van der Waals surface area contributed by atoms with E-state index in [-0.39, 0.29) is 0 Å². The third-order valence-electron chi connectivity index (χ3n) is 4.52. The molecule has 0 radical (unpaired) electrons. The van der Waals surface area contributed by atoms with Crippen LogP contribution in [-0.2, 0) is 0 Å². The van der Waals surface area contributed by atoms with Crippen molar-refractivity contribution in [3.05, 3.63) is 10.4 Å². The summed E-state index contributed by atoms with van der Waals surface area (Å²) in [4.78, 5) is 2.84. The van der Waals surface area contributed by atoms with Gasteiger partial charge in [0.05, 0.1) is 33.2 Å². The van der Waals surface area contributed by atoms with Crippen LogP contribution in [0.15, 0.2) is 5.11 Å². The molecule has 0 rings (SSSR count). The Morgan fingerprint density at radius 1 is 0.864 bits per heavy atom. The fourth-order valence-electron chi connectivity index (χ4n) is 2.96. The number of unbranched alkanes of at least 4 members (excludes halogenated alkanes) is 9. The summed E-state index contributed by atoms with van der Waals surface area (Å²) in [5.41, 5.74) is 14.1. The van der Waals surface area contributed by atoms with Crippen LogP contribution >= 0.6 is 0 Å². The highest BCUT2D eigenvalue weighted by molar-refractivity contribution is 4.51. The van der Waals surface area contributed by atoms with Gasteiger partial charge in [-0.15, -0.1) is 0 Å². The van der Waals surface area contributed by atoms with Gasteiger partial charge in [0.15, 0.2) is 0 Å². The maximum atomic E-state index is 8.38. The van der Waals surface area contributed by atoms with Crippen molar-refractivity contribution < 1.29 is 4.48 Å². The second-order valence-corrected chi connectivity index (χ2v) is 6.72. The maximum absolute atomic E-state index is 8.38. The van der Waals surface area contributed by atoms with E-state index in [0.29, 0.717) is 13.1 Å². The summed E-state index contributed by atoms with van der Waals surface area (Å²) < 4.78 is 0.937. The number of hydrogen-bond donors (Lipinski definition) is 1. The first-order chi connectivity index (χ1) is 10.7. The zero-order valence-corrected chi connectivity index (χ0v) is 15.0. The van der Waals surface area contributed by atoms with Crippen LogP contribution in [0.5, 0.6) is 0 Å². The Hall–Kier alpha value is -0.770. The second kappa shape index (κ2) is 15.1. The third-order valence-corrected chi connectivity index (χ3v) is 4.52. The molecule has 0 aromatic heterocycles. The standard InChI is InChI=1S/C17H38N5/c1-3-4-5-6-7-8-9-10-11-12-15-22(2,16-13-18)17-14-20-21-19/h3-18H2,1-2H3/q+1. The van der Waals surface area contributed by atoms with Crippen LogP contribution in [0.4, 0.5) is 0 Å². The molecule has 1 atom stereocenters. The average molecular weight is 313 g/mol. The number of rotatable bonds is 16. The number of hydrogen-bond acceptors (Lipinski definition) is 2. The Morgan fingerprint density at radius 2 is 1.41 bits per heavy atom. The van der Waals surface area contributed by atoms with Crippen molar-refractivity contribution in [2.45, 2.75) is 71.1 Å². The van der Waals surface area contributed by atoms with Crippen molar-refractivity contribution in [1.29, 1.82) is 0 Å². The Labute approximate surface area is 137 Å². The summed E-state index contributed by atoms with van der Waals surface area (Å²) >= 11 is 0. The highest BCUT2D eigenvalue weighted by atomic mass is 15.3. The molecule has 0 aliphatic heterocycles. The molecule has 22 heavy (non-hydrogen) atoms. The SMILES string of the molecule is CCCCCCCCCCCC[N+](C)(CCN)CCN=[N+]=[N-]. The lowest BCUT2D eigenvalue weighted by molar-refractivity contribution is -0.907. The molecule has 0 spiro atoms. The average Bonchev–Trinajstić information content (AvgIpc) is 2.50. The van der Waals surface area contributed by atoms with E-state index in [4.69, 9.17) is 11.3 Å². The van der Waals surface area contributed by atoms with Gasteiger partial charge in [-0.05, 0) is 18.4 Å². The Morgan fingerprint density at radius 3 is 1.91 bits per heavy atom. The van der Waals surface area contributed by atoms with Gasteiger partial charge in [0, 0.05) is 11.5 Å². The fourth-order valence-corrected chi connectivity index (χ4v) is 2.96. The molecule has 5 nitrogen and oxygen atoms in total. The summed E-state index contributed by atoms with van der Waals surface area (Å²) in [6.45, 7) is 6.56. The fraction of sp³-hybridized carbons (Fsp3) is 1.00. The lowest BCUT2D eigenvalue weighted by atomic mass is 10.1. The van der Waals surface area contributed by atoms with Crippen molar-refractivity contribution in [3.63, 3.8) is 0 Å². The van der Waals surface area contributed by atoms with Gasteiger partial charge in [-0.1, -0.05) is 63.4 Å². The quantitative estimate of drug-likeness (QED) is 0.146. The number of nitrogens with zero attached hydrogens (tertiary/aromatic N) is 4. The zero-order valence-electron chi connectivity index (χ0n) is 15.0. The van der Waals surface area contributed by atoms with E-state index < -0.39 is 0 Å². The lowest BCUT2D eigenvalue weighted by Crippen LogP contribution is -2.49. The Bertz CT molecular complexity index is 289. The van der Waals surface area contributed by atoms with Crippen molar-refractivity contribution in [2.75, 3.05) is 39.8 Å². The lowest BCUT2D eigenvalue weighted by Gasteiger charge is -2.34. The molecular weight excluding hydrogens is 274 g/mol. The van der Waals surface area contributed by atoms with Crippen molar-refractivity contribution in [2.24, 2.45) is 10.8 Å². The minimum atomic E-state index is 0.574. The summed E-state index contributed by atoms with van der Waals surface area (Å²) in [5.74, 6) is 0. The molecular formula is C17H38N5+. The number of nitrogens with two attached hydrogens (primary N) is 1. The molecule has 1 unspecified atom stereocenters. The largest absolute Gasteiger partial charge is 0.326 e. The van der Waals surface area contributed by atoms with Crippen LogP contribution in [-0.4, -0.2) is 44.3 Å². The minimum Gasteiger partial charge on any atom is -0.326 e. The zero-order chi connectivity index (χ0) is 16.5. The summed E-state index contributed by atoms with van der Waals surface area (Å²) in [7, 11) is 2.23. The summed E-state index contributed by atoms with van der Waals surface area (Å²) in [5, 5.41) is 3.66. The molecule has 0 aliphatic rings. The monoisotopic (exact) mass is 312 g/mol. The smallest absolute Gasteiger partial charge is 0.0909 e.